The summed E-state index contributed by atoms with van der Waals surface area (Å²) in [7, 11) is 0. The van der Waals surface area contributed by atoms with E-state index in [-0.39, 0.29) is 12.0 Å². The molecule has 0 spiro atoms. The van der Waals surface area contributed by atoms with Crippen LogP contribution in [0.2, 0.25) is 0 Å². The van der Waals surface area contributed by atoms with Crippen molar-refractivity contribution in [3.63, 3.8) is 0 Å². The molecule has 0 aliphatic carbocycles. The summed E-state index contributed by atoms with van der Waals surface area (Å²) in [6.45, 7) is 6.68. The minimum Gasteiger partial charge on any atom is -0.493 e. The van der Waals surface area contributed by atoms with Gasteiger partial charge in [-0.1, -0.05) is 44.0 Å². The summed E-state index contributed by atoms with van der Waals surface area (Å²) in [6.07, 6.45) is 3.27. The quantitative estimate of drug-likeness (QED) is 0.630. The molecule has 4 heteroatoms. The molecule has 0 fully saturated rings. The van der Waals surface area contributed by atoms with E-state index in [4.69, 9.17) is 9.47 Å². The molecule has 0 aliphatic rings. The van der Waals surface area contributed by atoms with Crippen molar-refractivity contribution in [1.29, 1.82) is 0 Å². The Morgan fingerprint density at radius 2 is 1.68 bits per heavy atom. The summed E-state index contributed by atoms with van der Waals surface area (Å²) >= 11 is 0. The number of rotatable bonds is 9. The van der Waals surface area contributed by atoms with Gasteiger partial charge in [0.1, 0.15) is 11.5 Å². The van der Waals surface area contributed by atoms with Crippen LogP contribution in [0, 0.1) is 0 Å². The first-order valence-corrected chi connectivity index (χ1v) is 8.90. The summed E-state index contributed by atoms with van der Waals surface area (Å²) in [5.41, 5.74) is 1.18. The van der Waals surface area contributed by atoms with Crippen LogP contribution in [-0.4, -0.2) is 18.6 Å². The van der Waals surface area contributed by atoms with Crippen molar-refractivity contribution in [2.75, 3.05) is 11.9 Å². The summed E-state index contributed by atoms with van der Waals surface area (Å²) in [5, 5.41) is 2.93. The summed E-state index contributed by atoms with van der Waals surface area (Å²) < 4.78 is 11.6. The van der Waals surface area contributed by atoms with E-state index in [1.807, 2.05) is 56.3 Å². The number of hydrogen-bond donors (Lipinski definition) is 1. The first-order chi connectivity index (χ1) is 12.1. The third-order valence-electron chi connectivity index (χ3n) is 3.64. The average molecular weight is 341 g/mol. The van der Waals surface area contributed by atoms with Crippen LogP contribution in [0.4, 0.5) is 5.69 Å². The van der Waals surface area contributed by atoms with Crippen molar-refractivity contribution in [3.05, 3.63) is 54.1 Å². The fraction of sp³-hybridized carbons (Fsp3) is 0.381. The van der Waals surface area contributed by atoms with E-state index in [0.29, 0.717) is 29.4 Å². The molecule has 2 rings (SSSR count). The Balaban J connectivity index is 2.11. The van der Waals surface area contributed by atoms with E-state index >= 15 is 0 Å². The van der Waals surface area contributed by atoms with Gasteiger partial charge in [0.15, 0.2) is 0 Å². The largest absolute Gasteiger partial charge is 0.493 e. The van der Waals surface area contributed by atoms with Crippen molar-refractivity contribution in [2.45, 2.75) is 46.1 Å². The standard InChI is InChI=1S/C21H27NO3/c1-4-5-10-15-24-19-13-8-6-11-17(19)21(23)22-18-12-7-9-14-20(18)25-16(2)3/h6-9,11-14,16H,4-5,10,15H2,1-3H3,(H,22,23). The first kappa shape index (κ1) is 18.8. The highest BCUT2D eigenvalue weighted by atomic mass is 16.5. The predicted molar refractivity (Wildman–Crippen MR) is 102 cm³/mol. The van der Waals surface area contributed by atoms with E-state index in [1.165, 1.54) is 0 Å². The van der Waals surface area contributed by atoms with Gasteiger partial charge in [0.05, 0.1) is 24.0 Å². The lowest BCUT2D eigenvalue weighted by Crippen LogP contribution is -2.15. The number of unbranched alkanes of at least 4 members (excludes halogenated alkanes) is 2. The number of carbonyl (C=O) groups excluding carboxylic acids is 1. The zero-order chi connectivity index (χ0) is 18.1. The predicted octanol–water partition coefficient (Wildman–Crippen LogP) is 5.30. The molecule has 0 bridgehead atoms. The normalized spacial score (nSPS) is 10.6. The molecular formula is C21H27NO3. The van der Waals surface area contributed by atoms with Crippen LogP contribution >= 0.6 is 0 Å². The number of amides is 1. The Morgan fingerprint density at radius 1 is 1.00 bits per heavy atom. The lowest BCUT2D eigenvalue weighted by molar-refractivity contribution is 0.102. The van der Waals surface area contributed by atoms with E-state index in [0.717, 1.165) is 19.3 Å². The highest BCUT2D eigenvalue weighted by molar-refractivity contribution is 6.06. The second-order valence-corrected chi connectivity index (χ2v) is 6.17. The maximum atomic E-state index is 12.7. The van der Waals surface area contributed by atoms with E-state index in [1.54, 1.807) is 6.07 Å². The fourth-order valence-corrected chi connectivity index (χ4v) is 2.43. The molecule has 0 radical (unpaired) electrons. The molecule has 134 valence electrons. The Kier molecular flexibility index (Phi) is 7.33. The molecule has 0 unspecified atom stereocenters. The highest BCUT2D eigenvalue weighted by Crippen LogP contribution is 2.27. The maximum Gasteiger partial charge on any atom is 0.259 e. The average Bonchev–Trinajstić information content (AvgIpc) is 2.60. The molecule has 0 heterocycles. The molecule has 1 N–H and O–H groups in total. The summed E-state index contributed by atoms with van der Waals surface area (Å²) in [6, 6.07) is 14.8. The number of para-hydroxylation sites is 3. The Bertz CT molecular complexity index is 682. The molecule has 2 aromatic carbocycles. The molecule has 0 aliphatic heterocycles. The van der Waals surface area contributed by atoms with E-state index < -0.39 is 0 Å². The lowest BCUT2D eigenvalue weighted by atomic mass is 10.1. The fourth-order valence-electron chi connectivity index (χ4n) is 2.43. The topological polar surface area (TPSA) is 47.6 Å². The second kappa shape index (κ2) is 9.72. The van der Waals surface area contributed by atoms with Gasteiger partial charge in [0, 0.05) is 0 Å². The smallest absolute Gasteiger partial charge is 0.259 e. The number of ether oxygens (including phenoxy) is 2. The third kappa shape index (κ3) is 5.82. The number of carbonyl (C=O) groups is 1. The summed E-state index contributed by atoms with van der Waals surface area (Å²) in [5.74, 6) is 1.07. The monoisotopic (exact) mass is 341 g/mol. The Labute approximate surface area is 150 Å². The van der Waals surface area contributed by atoms with Crippen LogP contribution in [0.25, 0.3) is 0 Å². The SMILES string of the molecule is CCCCCOc1ccccc1C(=O)Nc1ccccc1OC(C)C. The molecule has 0 aromatic heterocycles. The summed E-state index contributed by atoms with van der Waals surface area (Å²) in [4.78, 5) is 12.7. The van der Waals surface area contributed by atoms with Crippen LogP contribution in [0.5, 0.6) is 11.5 Å². The van der Waals surface area contributed by atoms with Gasteiger partial charge >= 0.3 is 0 Å². The van der Waals surface area contributed by atoms with Gasteiger partial charge in [-0.25, -0.2) is 0 Å². The molecule has 0 atom stereocenters. The van der Waals surface area contributed by atoms with Crippen molar-refractivity contribution < 1.29 is 14.3 Å². The van der Waals surface area contributed by atoms with Crippen LogP contribution < -0.4 is 14.8 Å². The van der Waals surface area contributed by atoms with Gasteiger partial charge < -0.3 is 14.8 Å². The van der Waals surface area contributed by atoms with Gasteiger partial charge in [-0.2, -0.15) is 0 Å². The number of hydrogen-bond acceptors (Lipinski definition) is 3. The second-order valence-electron chi connectivity index (χ2n) is 6.17. The van der Waals surface area contributed by atoms with Gasteiger partial charge in [-0.3, -0.25) is 4.79 Å². The molecular weight excluding hydrogens is 314 g/mol. The minimum atomic E-state index is -0.203. The van der Waals surface area contributed by atoms with Crippen molar-refractivity contribution in [2.24, 2.45) is 0 Å². The molecule has 25 heavy (non-hydrogen) atoms. The van der Waals surface area contributed by atoms with Gasteiger partial charge in [-0.15, -0.1) is 0 Å². The van der Waals surface area contributed by atoms with Crippen molar-refractivity contribution in [1.82, 2.24) is 0 Å². The van der Waals surface area contributed by atoms with Crippen LogP contribution in [0.1, 0.15) is 50.4 Å². The van der Waals surface area contributed by atoms with E-state index in [2.05, 4.69) is 12.2 Å². The molecule has 1 amide bonds. The maximum absolute atomic E-state index is 12.7. The number of benzene rings is 2. The molecule has 0 saturated carbocycles. The number of nitrogens with one attached hydrogen (secondary N) is 1. The lowest BCUT2D eigenvalue weighted by Gasteiger charge is -2.16. The van der Waals surface area contributed by atoms with Gasteiger partial charge in [0.2, 0.25) is 0 Å². The molecule has 4 nitrogen and oxygen atoms in total. The van der Waals surface area contributed by atoms with E-state index in [9.17, 15) is 4.79 Å². The van der Waals surface area contributed by atoms with Gasteiger partial charge in [-0.05, 0) is 44.5 Å². The molecule has 0 saturated heterocycles. The first-order valence-electron chi connectivity index (χ1n) is 8.90. The van der Waals surface area contributed by atoms with Gasteiger partial charge in [0.25, 0.3) is 5.91 Å². The Hall–Kier alpha value is -2.49. The van der Waals surface area contributed by atoms with Crippen molar-refractivity contribution in [3.8, 4) is 11.5 Å². The zero-order valence-electron chi connectivity index (χ0n) is 15.2. The van der Waals surface area contributed by atoms with Crippen molar-refractivity contribution >= 4 is 11.6 Å². The Morgan fingerprint density at radius 3 is 2.40 bits per heavy atom. The van der Waals surface area contributed by atoms with Crippen LogP contribution in [0.3, 0.4) is 0 Å². The highest BCUT2D eigenvalue weighted by Gasteiger charge is 2.14. The zero-order valence-corrected chi connectivity index (χ0v) is 15.2. The molecule has 2 aromatic rings. The third-order valence-corrected chi connectivity index (χ3v) is 3.64. The van der Waals surface area contributed by atoms with Crippen LogP contribution in [0.15, 0.2) is 48.5 Å². The van der Waals surface area contributed by atoms with Crippen LogP contribution in [-0.2, 0) is 0 Å². The number of anilines is 1. The minimum absolute atomic E-state index is 0.0345.